The van der Waals surface area contributed by atoms with Gasteiger partial charge in [-0.05, 0) is 61.1 Å². The molecule has 5 amide bonds. The van der Waals surface area contributed by atoms with Crippen molar-refractivity contribution in [3.63, 3.8) is 0 Å². The standard InChI is InChI=1S/C41H51N9O13S2/c1-22(49(2)37(56)30(48-65(4,61)62)17-23-8-7-9-25(51)16-23)34(36(55)43-21-26-19-32(52)38(63-26)50-14-12-33(53)46-41(50)60)47-35(54)29(13-15-64-3)44-40(59)45-31(39(57)58)18-24-20-42-28-11-6-5-10-27(24)28/h5-12,14,16,20-22,29-32,34,38,42,48,51-52H,13,15,17-19H2,1-4H3,(H,43,55)(H,47,54)(H,57,58)(H2,44,45,59)(H,46,53,60)/b26-21+/t22?,29?,30?,31?,32-,34?,38-/m0/s1. The van der Waals surface area contributed by atoms with Gasteiger partial charge in [-0.25, -0.2) is 27.5 Å². The lowest BCUT2D eigenvalue weighted by Crippen LogP contribution is -2.62. The molecule has 2 aromatic heterocycles. The summed E-state index contributed by atoms with van der Waals surface area (Å²) in [7, 11) is -2.74. The van der Waals surface area contributed by atoms with Crippen molar-refractivity contribution in [2.75, 3.05) is 25.3 Å². The number of hydrogen-bond donors (Lipinski definition) is 10. The van der Waals surface area contributed by atoms with Crippen molar-refractivity contribution in [3.05, 3.63) is 111 Å². The number of carbonyl (C=O) groups excluding carboxylic acids is 4. The van der Waals surface area contributed by atoms with Crippen LogP contribution < -0.4 is 37.2 Å². The molecule has 3 heterocycles. The molecule has 350 valence electrons. The van der Waals surface area contributed by atoms with E-state index in [0.29, 0.717) is 16.9 Å². The van der Waals surface area contributed by atoms with Gasteiger partial charge in [0.15, 0.2) is 0 Å². The lowest BCUT2D eigenvalue weighted by atomic mass is 10.0. The highest BCUT2D eigenvalue weighted by Gasteiger charge is 2.38. The van der Waals surface area contributed by atoms with Gasteiger partial charge in [0.25, 0.3) is 5.56 Å². The number of nitrogens with zero attached hydrogens (tertiary/aromatic N) is 2. The van der Waals surface area contributed by atoms with Crippen molar-refractivity contribution in [3.8, 4) is 5.75 Å². The lowest BCUT2D eigenvalue weighted by molar-refractivity contribution is -0.139. The second kappa shape index (κ2) is 21.8. The van der Waals surface area contributed by atoms with Crippen molar-refractivity contribution in [1.82, 2.24) is 45.4 Å². The minimum Gasteiger partial charge on any atom is -0.508 e. The van der Waals surface area contributed by atoms with Crippen LogP contribution in [0.3, 0.4) is 0 Å². The SMILES string of the molecule is CSCCC(NC(=O)NC(Cc1c[nH]c2ccccc12)C(=O)O)C(=O)NC(C(=O)N/C=C1\C[C@H](O)[C@@H](n2ccc(=O)[nH]c2=O)O1)C(C)N(C)C(=O)C(Cc1cccc(O)c1)NS(C)(=O)=O. The number of phenols is 1. The average molecular weight is 942 g/mol. The van der Waals surface area contributed by atoms with Crippen molar-refractivity contribution in [2.24, 2.45) is 0 Å². The Kier molecular flexibility index (Phi) is 16.6. The van der Waals surface area contributed by atoms with Gasteiger partial charge in [-0.1, -0.05) is 30.3 Å². The van der Waals surface area contributed by atoms with E-state index in [1.165, 1.54) is 43.9 Å². The molecule has 65 heavy (non-hydrogen) atoms. The third-order valence-corrected chi connectivity index (χ3v) is 11.8. The molecule has 24 heteroatoms. The van der Waals surface area contributed by atoms with Crippen LogP contribution in [0.4, 0.5) is 4.79 Å². The van der Waals surface area contributed by atoms with Crippen LogP contribution in [0.2, 0.25) is 0 Å². The first-order valence-electron chi connectivity index (χ1n) is 20.1. The summed E-state index contributed by atoms with van der Waals surface area (Å²) in [4.78, 5) is 98.3. The lowest BCUT2D eigenvalue weighted by Gasteiger charge is -2.34. The molecule has 1 aliphatic rings. The van der Waals surface area contributed by atoms with E-state index >= 15 is 0 Å². The zero-order chi connectivity index (χ0) is 47.6. The van der Waals surface area contributed by atoms with Gasteiger partial charge in [0.1, 0.15) is 41.8 Å². The monoisotopic (exact) mass is 941 g/mol. The predicted molar refractivity (Wildman–Crippen MR) is 238 cm³/mol. The largest absolute Gasteiger partial charge is 0.508 e. The molecule has 0 spiro atoms. The number of fused-ring (bicyclic) bond motifs is 1. The van der Waals surface area contributed by atoms with E-state index in [4.69, 9.17) is 4.74 Å². The number of nitrogens with one attached hydrogen (secondary N) is 7. The molecule has 1 fully saturated rings. The molecule has 5 unspecified atom stereocenters. The molecule has 5 rings (SSSR count). The van der Waals surface area contributed by atoms with E-state index in [2.05, 4.69) is 36.0 Å². The predicted octanol–water partition coefficient (Wildman–Crippen LogP) is -0.430. The quantitative estimate of drug-likeness (QED) is 0.0538. The summed E-state index contributed by atoms with van der Waals surface area (Å²) in [6.45, 7) is 1.40. The summed E-state index contributed by atoms with van der Waals surface area (Å²) in [6.07, 6.45) is 3.31. The van der Waals surface area contributed by atoms with Crippen molar-refractivity contribution >= 4 is 62.4 Å². The number of para-hydroxylation sites is 1. The zero-order valence-electron chi connectivity index (χ0n) is 35.6. The molecule has 10 N–H and O–H groups in total. The molecule has 0 aliphatic carbocycles. The van der Waals surface area contributed by atoms with E-state index in [0.717, 1.165) is 45.1 Å². The maximum atomic E-state index is 14.2. The minimum atomic E-state index is -4.01. The molecule has 0 bridgehead atoms. The number of carboxylic acid groups (broad SMARTS) is 1. The number of thioether (sulfide) groups is 1. The van der Waals surface area contributed by atoms with Crippen molar-refractivity contribution in [2.45, 2.75) is 75.1 Å². The number of amides is 5. The molecule has 22 nitrogen and oxygen atoms in total. The normalized spacial score (nSPS) is 17.8. The fourth-order valence-electron chi connectivity index (χ4n) is 7.06. The number of aromatic amines is 2. The topological polar surface area (TPSA) is 323 Å². The Bertz CT molecular complexity index is 2650. The number of phenolic OH excluding ortho intramolecular Hbond substituents is 1. The highest BCUT2D eigenvalue weighted by Crippen LogP contribution is 2.30. The highest BCUT2D eigenvalue weighted by atomic mass is 32.2. The van der Waals surface area contributed by atoms with E-state index in [1.807, 2.05) is 12.1 Å². The summed E-state index contributed by atoms with van der Waals surface area (Å²) >= 11 is 1.33. The number of aliphatic hydroxyl groups excluding tert-OH is 1. The summed E-state index contributed by atoms with van der Waals surface area (Å²) in [5.74, 6) is -3.86. The maximum absolute atomic E-state index is 14.2. The molecular formula is C41H51N9O13S2. The number of carbonyl (C=O) groups is 5. The van der Waals surface area contributed by atoms with Crippen LogP contribution >= 0.6 is 11.8 Å². The molecule has 2 aromatic carbocycles. The van der Waals surface area contributed by atoms with Crippen LogP contribution in [0.1, 0.15) is 37.1 Å². The Hall–Kier alpha value is -6.63. The Morgan fingerprint density at radius 1 is 1.00 bits per heavy atom. The number of likely N-dealkylation sites (N-methyl/N-ethyl adjacent to an activating group) is 1. The summed E-state index contributed by atoms with van der Waals surface area (Å²) in [5.41, 5.74) is 0.233. The number of aromatic hydroxyl groups is 1. The van der Waals surface area contributed by atoms with Gasteiger partial charge in [0.05, 0.1) is 12.3 Å². The second-order valence-corrected chi connectivity index (χ2v) is 18.1. The number of H-pyrrole nitrogens is 2. The first-order chi connectivity index (χ1) is 30.7. The smallest absolute Gasteiger partial charge is 0.331 e. The van der Waals surface area contributed by atoms with Crippen LogP contribution in [0.25, 0.3) is 10.9 Å². The number of rotatable bonds is 20. The maximum Gasteiger partial charge on any atom is 0.331 e. The fourth-order valence-corrected chi connectivity index (χ4v) is 8.23. The number of ether oxygens (including phenoxy) is 1. The highest BCUT2D eigenvalue weighted by molar-refractivity contribution is 7.98. The van der Waals surface area contributed by atoms with Crippen LogP contribution in [0.5, 0.6) is 5.75 Å². The fraction of sp³-hybridized carbons (Fsp3) is 0.390. The summed E-state index contributed by atoms with van der Waals surface area (Å²) < 4.78 is 33.8. The van der Waals surface area contributed by atoms with Gasteiger partial charge in [-0.3, -0.25) is 28.7 Å². The van der Waals surface area contributed by atoms with E-state index < -0.39 is 93.5 Å². The summed E-state index contributed by atoms with van der Waals surface area (Å²) in [5, 5.41) is 41.5. The van der Waals surface area contributed by atoms with E-state index in [9.17, 15) is 57.3 Å². The van der Waals surface area contributed by atoms with Gasteiger partial charge in [0.2, 0.25) is 34.0 Å². The molecule has 0 saturated carbocycles. The Balaban J connectivity index is 1.39. The first-order valence-corrected chi connectivity index (χ1v) is 23.3. The molecule has 7 atom stereocenters. The van der Waals surface area contributed by atoms with Gasteiger partial charge in [-0.15, -0.1) is 0 Å². The van der Waals surface area contributed by atoms with Crippen molar-refractivity contribution < 1.29 is 52.4 Å². The number of hydrogen-bond acceptors (Lipinski definition) is 13. The number of urea groups is 1. The molecule has 1 saturated heterocycles. The van der Waals surface area contributed by atoms with Gasteiger partial charge in [-0.2, -0.15) is 11.8 Å². The van der Waals surface area contributed by atoms with E-state index in [-0.39, 0.29) is 37.2 Å². The summed E-state index contributed by atoms with van der Waals surface area (Å²) in [6, 6.07) is 5.92. The van der Waals surface area contributed by atoms with Crippen LogP contribution in [-0.2, 0) is 46.8 Å². The number of benzene rings is 2. The van der Waals surface area contributed by atoms with Gasteiger partial charge >= 0.3 is 17.7 Å². The van der Waals surface area contributed by atoms with Crippen LogP contribution in [-0.4, -0.2) is 135 Å². The van der Waals surface area contributed by atoms with Crippen LogP contribution in [0.15, 0.2) is 88.5 Å². The Morgan fingerprint density at radius 2 is 1.72 bits per heavy atom. The van der Waals surface area contributed by atoms with Crippen molar-refractivity contribution in [1.29, 1.82) is 0 Å². The number of aromatic nitrogens is 3. The zero-order valence-corrected chi connectivity index (χ0v) is 37.3. The van der Waals surface area contributed by atoms with Crippen LogP contribution in [0, 0.1) is 0 Å². The molecular weight excluding hydrogens is 891 g/mol. The number of aliphatic carboxylic acids is 1. The number of aliphatic hydroxyl groups is 1. The van der Waals surface area contributed by atoms with Gasteiger partial charge < -0.3 is 51.2 Å². The third-order valence-electron chi connectivity index (χ3n) is 10.5. The van der Waals surface area contributed by atoms with Gasteiger partial charge in [0, 0.05) is 55.5 Å². The Morgan fingerprint density at radius 3 is 2.40 bits per heavy atom. The number of sulfonamides is 1. The average Bonchev–Trinajstić information content (AvgIpc) is 3.83. The molecule has 0 radical (unpaired) electrons. The Labute approximate surface area is 376 Å². The first kappa shape index (κ1) is 49.4. The third kappa shape index (κ3) is 13.4. The van der Waals surface area contributed by atoms with E-state index in [1.54, 1.807) is 30.7 Å². The molecule has 4 aromatic rings. The second-order valence-electron chi connectivity index (χ2n) is 15.3. The number of carboxylic acids is 1. The molecule has 1 aliphatic heterocycles. The minimum absolute atomic E-state index is 0.00363.